The number of nitrogens with two attached hydrogens (primary N) is 1. The van der Waals surface area contributed by atoms with Crippen molar-refractivity contribution in [2.24, 2.45) is 5.73 Å². The molecule has 20 heavy (non-hydrogen) atoms. The number of hydrogen-bond donors (Lipinski definition) is 2. The first kappa shape index (κ1) is 14.5. The Bertz CT molecular complexity index is 710. The zero-order valence-corrected chi connectivity index (χ0v) is 12.2. The first-order valence-corrected chi connectivity index (χ1v) is 7.66. The highest BCUT2D eigenvalue weighted by Gasteiger charge is 2.15. The van der Waals surface area contributed by atoms with Crippen molar-refractivity contribution < 1.29 is 8.42 Å². The van der Waals surface area contributed by atoms with Gasteiger partial charge in [-0.25, -0.2) is 8.42 Å². The fourth-order valence-corrected chi connectivity index (χ4v) is 2.90. The predicted octanol–water partition coefficient (Wildman–Crippen LogP) is 1.96. The standard InChI is InChI=1S/C14H17N3O2S/c1-10-3-6-14(11(2)7-10)17-20(18,19)13-5-4-12(8-15)16-9-13/h3-7,9,17H,8,15H2,1-2H3. The maximum atomic E-state index is 12.3. The van der Waals surface area contributed by atoms with Crippen LogP contribution in [-0.2, 0) is 16.6 Å². The number of nitrogens with zero attached hydrogens (tertiary/aromatic N) is 1. The lowest BCUT2D eigenvalue weighted by atomic mass is 10.1. The molecule has 2 aromatic rings. The van der Waals surface area contributed by atoms with Crippen LogP contribution in [-0.4, -0.2) is 13.4 Å². The number of hydrogen-bond acceptors (Lipinski definition) is 4. The number of pyridine rings is 1. The van der Waals surface area contributed by atoms with Crippen LogP contribution in [0.1, 0.15) is 16.8 Å². The molecule has 106 valence electrons. The minimum absolute atomic E-state index is 0.120. The largest absolute Gasteiger partial charge is 0.325 e. The molecule has 0 aliphatic rings. The molecular weight excluding hydrogens is 274 g/mol. The molecule has 0 amide bonds. The molecule has 0 aliphatic carbocycles. The van der Waals surface area contributed by atoms with Crippen molar-refractivity contribution in [2.75, 3.05) is 4.72 Å². The summed E-state index contributed by atoms with van der Waals surface area (Å²) in [6.45, 7) is 4.10. The summed E-state index contributed by atoms with van der Waals surface area (Å²) in [5.41, 5.74) is 8.61. The summed E-state index contributed by atoms with van der Waals surface area (Å²) in [7, 11) is -3.63. The molecule has 2 rings (SSSR count). The second-order valence-electron chi connectivity index (χ2n) is 4.61. The maximum absolute atomic E-state index is 12.3. The Balaban J connectivity index is 2.30. The molecular formula is C14H17N3O2S. The van der Waals surface area contributed by atoms with Gasteiger partial charge in [0.25, 0.3) is 10.0 Å². The smallest absolute Gasteiger partial charge is 0.263 e. The number of aromatic nitrogens is 1. The van der Waals surface area contributed by atoms with E-state index in [1.807, 2.05) is 26.0 Å². The van der Waals surface area contributed by atoms with E-state index < -0.39 is 10.0 Å². The van der Waals surface area contributed by atoms with Gasteiger partial charge in [0.1, 0.15) is 4.90 Å². The van der Waals surface area contributed by atoms with E-state index in [1.165, 1.54) is 12.3 Å². The minimum atomic E-state index is -3.63. The van der Waals surface area contributed by atoms with Gasteiger partial charge >= 0.3 is 0 Å². The van der Waals surface area contributed by atoms with E-state index in [2.05, 4.69) is 9.71 Å². The van der Waals surface area contributed by atoms with E-state index in [-0.39, 0.29) is 11.4 Å². The van der Waals surface area contributed by atoms with Crippen LogP contribution >= 0.6 is 0 Å². The lowest BCUT2D eigenvalue weighted by Crippen LogP contribution is -2.14. The van der Waals surface area contributed by atoms with Crippen LogP contribution in [0, 0.1) is 13.8 Å². The number of anilines is 1. The molecule has 0 saturated heterocycles. The molecule has 0 bridgehead atoms. The Morgan fingerprint density at radius 2 is 1.95 bits per heavy atom. The zero-order chi connectivity index (χ0) is 14.8. The number of nitrogens with one attached hydrogen (secondary N) is 1. The third kappa shape index (κ3) is 3.15. The van der Waals surface area contributed by atoms with Gasteiger partial charge < -0.3 is 5.73 Å². The van der Waals surface area contributed by atoms with Crippen LogP contribution in [0.25, 0.3) is 0 Å². The van der Waals surface area contributed by atoms with Crippen molar-refractivity contribution in [3.05, 3.63) is 53.3 Å². The number of rotatable bonds is 4. The summed E-state index contributed by atoms with van der Waals surface area (Å²) in [6, 6.07) is 8.65. The van der Waals surface area contributed by atoms with Crippen molar-refractivity contribution in [3.63, 3.8) is 0 Å². The molecule has 1 heterocycles. The van der Waals surface area contributed by atoms with Crippen LogP contribution in [0.2, 0.25) is 0 Å². The Morgan fingerprint density at radius 3 is 2.50 bits per heavy atom. The van der Waals surface area contributed by atoms with Gasteiger partial charge in [-0.05, 0) is 37.6 Å². The average molecular weight is 291 g/mol. The molecule has 0 unspecified atom stereocenters. The van der Waals surface area contributed by atoms with E-state index in [0.29, 0.717) is 11.4 Å². The number of sulfonamides is 1. The second kappa shape index (κ2) is 5.60. The van der Waals surface area contributed by atoms with Crippen molar-refractivity contribution in [1.29, 1.82) is 0 Å². The Hall–Kier alpha value is -1.92. The van der Waals surface area contributed by atoms with Gasteiger partial charge in [-0.2, -0.15) is 0 Å². The highest BCUT2D eigenvalue weighted by atomic mass is 32.2. The van der Waals surface area contributed by atoms with Crippen LogP contribution in [0.3, 0.4) is 0 Å². The van der Waals surface area contributed by atoms with E-state index in [0.717, 1.165) is 11.1 Å². The van der Waals surface area contributed by atoms with Crippen molar-refractivity contribution in [2.45, 2.75) is 25.3 Å². The fourth-order valence-electron chi connectivity index (χ4n) is 1.82. The van der Waals surface area contributed by atoms with E-state index in [4.69, 9.17) is 5.73 Å². The monoisotopic (exact) mass is 291 g/mol. The summed E-state index contributed by atoms with van der Waals surface area (Å²) in [4.78, 5) is 4.12. The third-order valence-corrected chi connectivity index (χ3v) is 4.29. The Labute approximate surface area is 118 Å². The molecule has 0 aliphatic heterocycles. The molecule has 0 fully saturated rings. The molecule has 0 atom stereocenters. The predicted molar refractivity (Wildman–Crippen MR) is 78.9 cm³/mol. The quantitative estimate of drug-likeness (QED) is 0.901. The Morgan fingerprint density at radius 1 is 1.20 bits per heavy atom. The lowest BCUT2D eigenvalue weighted by Gasteiger charge is -2.11. The highest BCUT2D eigenvalue weighted by molar-refractivity contribution is 7.92. The summed E-state index contributed by atoms with van der Waals surface area (Å²) in [5.74, 6) is 0. The van der Waals surface area contributed by atoms with Crippen molar-refractivity contribution in [1.82, 2.24) is 4.98 Å². The van der Waals surface area contributed by atoms with Gasteiger partial charge in [0.05, 0.1) is 11.4 Å². The Kier molecular flexibility index (Phi) is 4.06. The van der Waals surface area contributed by atoms with Crippen molar-refractivity contribution >= 4 is 15.7 Å². The summed E-state index contributed by atoms with van der Waals surface area (Å²) >= 11 is 0. The third-order valence-electron chi connectivity index (χ3n) is 2.94. The van der Waals surface area contributed by atoms with Gasteiger partial charge in [-0.1, -0.05) is 17.7 Å². The molecule has 3 N–H and O–H groups in total. The molecule has 1 aromatic carbocycles. The summed E-state index contributed by atoms with van der Waals surface area (Å²) < 4.78 is 27.1. The number of aryl methyl sites for hydroxylation is 2. The van der Waals surface area contributed by atoms with Gasteiger partial charge in [0.2, 0.25) is 0 Å². The summed E-state index contributed by atoms with van der Waals surface area (Å²) in [5, 5.41) is 0. The lowest BCUT2D eigenvalue weighted by molar-refractivity contribution is 0.600. The topological polar surface area (TPSA) is 85.1 Å². The van der Waals surface area contributed by atoms with Gasteiger partial charge in [-0.15, -0.1) is 0 Å². The first-order valence-electron chi connectivity index (χ1n) is 6.17. The number of benzene rings is 1. The molecule has 0 spiro atoms. The van der Waals surface area contributed by atoms with E-state index in [9.17, 15) is 8.42 Å². The maximum Gasteiger partial charge on any atom is 0.263 e. The molecule has 0 radical (unpaired) electrons. The van der Waals surface area contributed by atoms with E-state index >= 15 is 0 Å². The molecule has 0 saturated carbocycles. The highest BCUT2D eigenvalue weighted by Crippen LogP contribution is 2.20. The first-order chi connectivity index (χ1) is 9.42. The van der Waals surface area contributed by atoms with Crippen LogP contribution < -0.4 is 10.5 Å². The van der Waals surface area contributed by atoms with Gasteiger partial charge in [-0.3, -0.25) is 9.71 Å². The average Bonchev–Trinajstić information content (AvgIpc) is 2.42. The minimum Gasteiger partial charge on any atom is -0.325 e. The zero-order valence-electron chi connectivity index (χ0n) is 11.4. The fraction of sp³-hybridized carbons (Fsp3) is 0.214. The molecule has 1 aromatic heterocycles. The van der Waals surface area contributed by atoms with Crippen molar-refractivity contribution in [3.8, 4) is 0 Å². The second-order valence-corrected chi connectivity index (χ2v) is 6.30. The van der Waals surface area contributed by atoms with Crippen LogP contribution in [0.4, 0.5) is 5.69 Å². The molecule has 6 heteroatoms. The van der Waals surface area contributed by atoms with Crippen LogP contribution in [0.15, 0.2) is 41.4 Å². The van der Waals surface area contributed by atoms with Gasteiger partial charge in [0.15, 0.2) is 0 Å². The SMILES string of the molecule is Cc1ccc(NS(=O)(=O)c2ccc(CN)nc2)c(C)c1. The van der Waals surface area contributed by atoms with Gasteiger partial charge in [0, 0.05) is 12.7 Å². The normalized spacial score (nSPS) is 11.3. The summed E-state index contributed by atoms with van der Waals surface area (Å²) in [6.07, 6.45) is 1.31. The molecule has 5 nitrogen and oxygen atoms in total. The van der Waals surface area contributed by atoms with E-state index in [1.54, 1.807) is 12.1 Å². The van der Waals surface area contributed by atoms with Crippen LogP contribution in [0.5, 0.6) is 0 Å².